The van der Waals surface area contributed by atoms with Gasteiger partial charge in [0.2, 0.25) is 5.89 Å². The second kappa shape index (κ2) is 8.31. The number of pyridine rings is 1. The van der Waals surface area contributed by atoms with Crippen LogP contribution in [-0.4, -0.2) is 32.5 Å². The summed E-state index contributed by atoms with van der Waals surface area (Å²) in [5.74, 6) is 1.20. The lowest BCUT2D eigenvalue weighted by Gasteiger charge is -2.33. The number of hydrogen-bond acceptors (Lipinski definition) is 6. The lowest BCUT2D eigenvalue weighted by atomic mass is 10.0. The molecule has 7 nitrogen and oxygen atoms in total. The van der Waals surface area contributed by atoms with Gasteiger partial charge in [-0.25, -0.2) is 0 Å². The van der Waals surface area contributed by atoms with Crippen LogP contribution in [0.25, 0.3) is 0 Å². The van der Waals surface area contributed by atoms with Gasteiger partial charge in [-0.05, 0) is 56.1 Å². The number of benzene rings is 1. The third-order valence-corrected chi connectivity index (χ3v) is 4.94. The highest BCUT2D eigenvalue weighted by atomic mass is 16.5. The van der Waals surface area contributed by atoms with Crippen molar-refractivity contribution < 1.29 is 9.32 Å². The van der Waals surface area contributed by atoms with E-state index in [1.54, 1.807) is 18.5 Å². The SMILES string of the molecule is Cc1noc(C2CCCCN2Cc2cccc(C(=O)Nc3cccnc3)c2)n1. The molecule has 0 aliphatic carbocycles. The van der Waals surface area contributed by atoms with Crippen molar-refractivity contribution in [1.82, 2.24) is 20.0 Å². The maximum atomic E-state index is 12.6. The number of aryl methyl sites for hydroxylation is 1. The molecule has 1 aromatic carbocycles. The molecule has 3 heterocycles. The van der Waals surface area contributed by atoms with Crippen molar-refractivity contribution >= 4 is 11.6 Å². The summed E-state index contributed by atoms with van der Waals surface area (Å²) in [6.07, 6.45) is 6.60. The fraction of sp³-hybridized carbons (Fsp3) is 0.333. The topological polar surface area (TPSA) is 84.2 Å². The van der Waals surface area contributed by atoms with Crippen molar-refractivity contribution in [2.75, 3.05) is 11.9 Å². The minimum Gasteiger partial charge on any atom is -0.338 e. The number of amides is 1. The Labute approximate surface area is 163 Å². The average Bonchev–Trinajstić information content (AvgIpc) is 3.15. The van der Waals surface area contributed by atoms with Gasteiger partial charge in [-0.2, -0.15) is 4.98 Å². The molecule has 7 heteroatoms. The van der Waals surface area contributed by atoms with Crippen LogP contribution in [0.4, 0.5) is 5.69 Å². The highest BCUT2D eigenvalue weighted by Crippen LogP contribution is 2.31. The first-order chi connectivity index (χ1) is 13.7. The predicted molar refractivity (Wildman–Crippen MR) is 105 cm³/mol. The molecule has 144 valence electrons. The maximum Gasteiger partial charge on any atom is 0.255 e. The van der Waals surface area contributed by atoms with Crippen LogP contribution in [0.15, 0.2) is 53.3 Å². The van der Waals surface area contributed by atoms with Gasteiger partial charge in [0.15, 0.2) is 5.82 Å². The van der Waals surface area contributed by atoms with Crippen molar-refractivity contribution in [2.24, 2.45) is 0 Å². The van der Waals surface area contributed by atoms with Crippen LogP contribution in [0, 0.1) is 6.92 Å². The van der Waals surface area contributed by atoms with Crippen LogP contribution in [-0.2, 0) is 6.54 Å². The lowest BCUT2D eigenvalue weighted by molar-refractivity contribution is 0.102. The Morgan fingerprint density at radius 3 is 3.00 bits per heavy atom. The fourth-order valence-electron chi connectivity index (χ4n) is 3.59. The van der Waals surface area contributed by atoms with Crippen molar-refractivity contribution in [3.05, 3.63) is 71.6 Å². The maximum absolute atomic E-state index is 12.6. The number of hydrogen-bond donors (Lipinski definition) is 1. The Morgan fingerprint density at radius 1 is 1.29 bits per heavy atom. The number of carbonyl (C=O) groups excluding carboxylic acids is 1. The summed E-state index contributed by atoms with van der Waals surface area (Å²) in [6, 6.07) is 11.5. The largest absolute Gasteiger partial charge is 0.338 e. The first kappa shape index (κ1) is 18.3. The monoisotopic (exact) mass is 377 g/mol. The summed E-state index contributed by atoms with van der Waals surface area (Å²) in [5.41, 5.74) is 2.39. The third-order valence-electron chi connectivity index (χ3n) is 4.94. The van der Waals surface area contributed by atoms with E-state index in [0.717, 1.165) is 37.9 Å². The molecule has 4 rings (SSSR count). The zero-order chi connectivity index (χ0) is 19.3. The van der Waals surface area contributed by atoms with E-state index in [2.05, 4.69) is 25.3 Å². The molecule has 1 amide bonds. The van der Waals surface area contributed by atoms with Gasteiger partial charge in [-0.3, -0.25) is 14.7 Å². The van der Waals surface area contributed by atoms with E-state index in [9.17, 15) is 4.79 Å². The summed E-state index contributed by atoms with van der Waals surface area (Å²) < 4.78 is 5.43. The second-order valence-electron chi connectivity index (χ2n) is 7.06. The smallest absolute Gasteiger partial charge is 0.255 e. The number of carbonyl (C=O) groups is 1. The fourth-order valence-corrected chi connectivity index (χ4v) is 3.59. The van der Waals surface area contributed by atoms with Gasteiger partial charge in [0, 0.05) is 18.3 Å². The first-order valence-corrected chi connectivity index (χ1v) is 9.53. The van der Waals surface area contributed by atoms with E-state index in [4.69, 9.17) is 4.52 Å². The quantitative estimate of drug-likeness (QED) is 0.729. The standard InChI is InChI=1S/C21H23N5O2/c1-15-23-21(28-25-15)19-9-2-3-11-26(19)14-16-6-4-7-17(12-16)20(27)24-18-8-5-10-22-13-18/h4-8,10,12-13,19H,2-3,9,11,14H2,1H3,(H,24,27). The van der Waals surface area contributed by atoms with Crippen molar-refractivity contribution in [2.45, 2.75) is 38.8 Å². The third kappa shape index (κ3) is 4.26. The zero-order valence-electron chi connectivity index (χ0n) is 15.8. The average molecular weight is 377 g/mol. The molecular weight excluding hydrogens is 354 g/mol. The van der Waals surface area contributed by atoms with Crippen LogP contribution >= 0.6 is 0 Å². The molecule has 2 aromatic heterocycles. The number of likely N-dealkylation sites (tertiary alicyclic amines) is 1. The lowest BCUT2D eigenvalue weighted by Crippen LogP contribution is -2.33. The summed E-state index contributed by atoms with van der Waals surface area (Å²) >= 11 is 0. The highest BCUT2D eigenvalue weighted by molar-refractivity contribution is 6.04. The molecule has 28 heavy (non-hydrogen) atoms. The Bertz CT molecular complexity index is 941. The van der Waals surface area contributed by atoms with Gasteiger partial charge in [0.1, 0.15) is 0 Å². The van der Waals surface area contributed by atoms with Crippen LogP contribution in [0.3, 0.4) is 0 Å². The molecule has 0 saturated carbocycles. The van der Waals surface area contributed by atoms with Gasteiger partial charge in [0.25, 0.3) is 5.91 Å². The molecule has 0 spiro atoms. The van der Waals surface area contributed by atoms with E-state index in [1.165, 1.54) is 0 Å². The van der Waals surface area contributed by atoms with Crippen LogP contribution in [0.5, 0.6) is 0 Å². The Morgan fingerprint density at radius 2 is 2.21 bits per heavy atom. The first-order valence-electron chi connectivity index (χ1n) is 9.53. The highest BCUT2D eigenvalue weighted by Gasteiger charge is 2.28. The van der Waals surface area contributed by atoms with E-state index in [1.807, 2.05) is 37.3 Å². The molecule has 0 radical (unpaired) electrons. The molecular formula is C21H23N5O2. The summed E-state index contributed by atoms with van der Waals surface area (Å²) in [5, 5.41) is 6.82. The molecule has 1 aliphatic heterocycles. The molecule has 1 saturated heterocycles. The van der Waals surface area contributed by atoms with Crippen molar-refractivity contribution in [3.8, 4) is 0 Å². The number of aromatic nitrogens is 3. The molecule has 0 bridgehead atoms. The van der Waals surface area contributed by atoms with Gasteiger partial charge in [-0.15, -0.1) is 0 Å². The van der Waals surface area contributed by atoms with E-state index in [-0.39, 0.29) is 11.9 Å². The number of piperidine rings is 1. The normalized spacial score (nSPS) is 17.4. The zero-order valence-corrected chi connectivity index (χ0v) is 15.8. The number of nitrogens with zero attached hydrogens (tertiary/aromatic N) is 4. The number of anilines is 1. The van der Waals surface area contributed by atoms with E-state index < -0.39 is 0 Å². The van der Waals surface area contributed by atoms with Crippen molar-refractivity contribution in [1.29, 1.82) is 0 Å². The van der Waals surface area contributed by atoms with Crippen LogP contribution in [0.2, 0.25) is 0 Å². The van der Waals surface area contributed by atoms with Crippen LogP contribution in [0.1, 0.15) is 52.9 Å². The van der Waals surface area contributed by atoms with E-state index in [0.29, 0.717) is 23.0 Å². The molecule has 1 atom stereocenters. The molecule has 1 aliphatic rings. The van der Waals surface area contributed by atoms with Gasteiger partial charge in [-0.1, -0.05) is 23.7 Å². The molecule has 1 N–H and O–H groups in total. The Hall–Kier alpha value is -3.06. The number of rotatable bonds is 5. The molecule has 3 aromatic rings. The van der Waals surface area contributed by atoms with E-state index >= 15 is 0 Å². The van der Waals surface area contributed by atoms with Gasteiger partial charge in [0.05, 0.1) is 17.9 Å². The Balaban J connectivity index is 1.48. The summed E-state index contributed by atoms with van der Waals surface area (Å²) in [7, 11) is 0. The minimum absolute atomic E-state index is 0.128. The predicted octanol–water partition coefficient (Wildman–Crippen LogP) is 3.75. The number of nitrogens with one attached hydrogen (secondary N) is 1. The molecule has 1 fully saturated rings. The Kier molecular flexibility index (Phi) is 5.43. The summed E-state index contributed by atoms with van der Waals surface area (Å²) in [6.45, 7) is 3.54. The van der Waals surface area contributed by atoms with Gasteiger partial charge >= 0.3 is 0 Å². The van der Waals surface area contributed by atoms with Gasteiger partial charge < -0.3 is 9.84 Å². The minimum atomic E-state index is -0.141. The van der Waals surface area contributed by atoms with Crippen LogP contribution < -0.4 is 5.32 Å². The molecule has 1 unspecified atom stereocenters. The second-order valence-corrected chi connectivity index (χ2v) is 7.06. The summed E-state index contributed by atoms with van der Waals surface area (Å²) in [4.78, 5) is 23.4. The van der Waals surface area contributed by atoms with Crippen molar-refractivity contribution in [3.63, 3.8) is 0 Å².